The number of carbonyl (C=O) groups is 1. The van der Waals surface area contributed by atoms with Crippen LogP contribution in [0.4, 0.5) is 0 Å². The number of aromatic amines is 1. The molecule has 0 fully saturated rings. The van der Waals surface area contributed by atoms with Crippen LogP contribution >= 0.6 is 0 Å². The lowest BCUT2D eigenvalue weighted by atomic mass is 10.1. The van der Waals surface area contributed by atoms with E-state index in [4.69, 9.17) is 0 Å². The van der Waals surface area contributed by atoms with Gasteiger partial charge < -0.3 is 10.3 Å². The van der Waals surface area contributed by atoms with E-state index < -0.39 is 0 Å². The fourth-order valence-electron chi connectivity index (χ4n) is 2.18. The van der Waals surface area contributed by atoms with Gasteiger partial charge in [-0.25, -0.2) is 0 Å². The first-order valence-electron chi connectivity index (χ1n) is 6.94. The lowest BCUT2D eigenvalue weighted by molar-refractivity contribution is 0.0945. The third-order valence-corrected chi connectivity index (χ3v) is 3.26. The summed E-state index contributed by atoms with van der Waals surface area (Å²) < 4.78 is 1.93. The molecule has 1 atom stereocenters. The molecule has 0 spiro atoms. The van der Waals surface area contributed by atoms with Crippen molar-refractivity contribution in [3.63, 3.8) is 0 Å². The number of H-pyrrole nitrogens is 1. The number of nitrogens with one attached hydrogen (secondary N) is 2. The summed E-state index contributed by atoms with van der Waals surface area (Å²) >= 11 is 0. The number of rotatable bonds is 5. The minimum absolute atomic E-state index is 0.135. The Morgan fingerprint density at radius 2 is 2.24 bits per heavy atom. The van der Waals surface area contributed by atoms with Crippen LogP contribution in [0.15, 0.2) is 29.2 Å². The molecule has 6 heteroatoms. The van der Waals surface area contributed by atoms with Gasteiger partial charge in [-0.3, -0.25) is 14.3 Å². The Bertz CT molecular complexity index is 687. The summed E-state index contributed by atoms with van der Waals surface area (Å²) in [4.78, 5) is 25.9. The summed E-state index contributed by atoms with van der Waals surface area (Å²) in [7, 11) is 0. The summed E-state index contributed by atoms with van der Waals surface area (Å²) in [6.45, 7) is 7.22. The second kappa shape index (κ2) is 6.39. The monoisotopic (exact) mass is 288 g/mol. The number of aromatic nitrogens is 3. The van der Waals surface area contributed by atoms with Gasteiger partial charge in [-0.15, -0.1) is 0 Å². The second-order valence-electron chi connectivity index (χ2n) is 5.34. The summed E-state index contributed by atoms with van der Waals surface area (Å²) in [5.74, 6) is -0.133. The van der Waals surface area contributed by atoms with Gasteiger partial charge in [0, 0.05) is 25.0 Å². The van der Waals surface area contributed by atoms with Crippen molar-refractivity contribution in [3.05, 3.63) is 51.7 Å². The molecule has 2 aromatic rings. The summed E-state index contributed by atoms with van der Waals surface area (Å²) in [6.07, 6.45) is 1.50. The lowest BCUT2D eigenvalue weighted by Gasteiger charge is -2.13. The van der Waals surface area contributed by atoms with Crippen molar-refractivity contribution in [2.45, 2.75) is 27.3 Å². The fraction of sp³-hybridized carbons (Fsp3) is 0.400. The van der Waals surface area contributed by atoms with E-state index in [0.717, 1.165) is 17.9 Å². The summed E-state index contributed by atoms with van der Waals surface area (Å²) in [6, 6.07) is 5.17. The Hall–Kier alpha value is -2.37. The molecular weight excluding hydrogens is 268 g/mol. The molecule has 2 rings (SSSR count). The molecule has 0 aliphatic heterocycles. The number of carbonyl (C=O) groups excluding carboxylic acids is 1. The zero-order chi connectivity index (χ0) is 15.4. The summed E-state index contributed by atoms with van der Waals surface area (Å²) in [5, 5.41) is 7.18. The van der Waals surface area contributed by atoms with E-state index in [0.29, 0.717) is 6.54 Å². The molecule has 0 saturated heterocycles. The van der Waals surface area contributed by atoms with Gasteiger partial charge in [0.25, 0.3) is 11.5 Å². The number of pyridine rings is 1. The maximum absolute atomic E-state index is 11.9. The minimum atomic E-state index is -0.374. The lowest BCUT2D eigenvalue weighted by Crippen LogP contribution is -2.33. The van der Waals surface area contributed by atoms with Gasteiger partial charge in [0.1, 0.15) is 5.56 Å². The first-order chi connectivity index (χ1) is 9.97. The predicted molar refractivity (Wildman–Crippen MR) is 80.3 cm³/mol. The highest BCUT2D eigenvalue weighted by Crippen LogP contribution is 2.06. The maximum atomic E-state index is 11.9. The van der Waals surface area contributed by atoms with Crippen LogP contribution in [-0.4, -0.2) is 27.2 Å². The van der Waals surface area contributed by atoms with Crippen LogP contribution in [0.25, 0.3) is 0 Å². The van der Waals surface area contributed by atoms with Crippen molar-refractivity contribution >= 4 is 5.91 Å². The van der Waals surface area contributed by atoms with Crippen molar-refractivity contribution in [1.29, 1.82) is 0 Å². The van der Waals surface area contributed by atoms with E-state index in [-0.39, 0.29) is 22.9 Å². The Morgan fingerprint density at radius 3 is 2.86 bits per heavy atom. The highest BCUT2D eigenvalue weighted by Gasteiger charge is 2.12. The van der Waals surface area contributed by atoms with Crippen LogP contribution in [0.5, 0.6) is 0 Å². The van der Waals surface area contributed by atoms with E-state index in [2.05, 4.69) is 15.4 Å². The molecule has 2 aromatic heterocycles. The minimum Gasteiger partial charge on any atom is -0.352 e. The molecule has 2 N–H and O–H groups in total. The van der Waals surface area contributed by atoms with Crippen LogP contribution in [0, 0.1) is 19.8 Å². The first-order valence-corrected chi connectivity index (χ1v) is 6.94. The molecule has 2 heterocycles. The van der Waals surface area contributed by atoms with Crippen LogP contribution in [0.2, 0.25) is 0 Å². The Morgan fingerprint density at radius 1 is 1.48 bits per heavy atom. The SMILES string of the molecule is Cc1cc(C)n(CC(C)CNC(=O)c2ccc[nH]c2=O)n1. The molecular formula is C15H20N4O2. The number of amides is 1. The van der Waals surface area contributed by atoms with Gasteiger partial charge in [0.05, 0.1) is 5.69 Å². The van der Waals surface area contributed by atoms with E-state index in [1.807, 2.05) is 31.5 Å². The molecule has 0 aliphatic carbocycles. The molecule has 112 valence electrons. The quantitative estimate of drug-likeness (QED) is 0.869. The highest BCUT2D eigenvalue weighted by atomic mass is 16.2. The van der Waals surface area contributed by atoms with Gasteiger partial charge in [-0.2, -0.15) is 5.10 Å². The van der Waals surface area contributed by atoms with Crippen LogP contribution in [-0.2, 0) is 6.54 Å². The van der Waals surface area contributed by atoms with Crippen LogP contribution in [0.3, 0.4) is 0 Å². The highest BCUT2D eigenvalue weighted by molar-refractivity contribution is 5.93. The van der Waals surface area contributed by atoms with Gasteiger partial charge >= 0.3 is 0 Å². The number of nitrogens with zero attached hydrogens (tertiary/aromatic N) is 2. The Labute approximate surface area is 123 Å². The van der Waals surface area contributed by atoms with Crippen molar-refractivity contribution in [2.75, 3.05) is 6.54 Å². The maximum Gasteiger partial charge on any atom is 0.260 e. The van der Waals surface area contributed by atoms with Gasteiger partial charge in [-0.05, 0) is 38.0 Å². The topological polar surface area (TPSA) is 79.8 Å². The predicted octanol–water partition coefficient (Wildman–Crippen LogP) is 1.25. The molecule has 21 heavy (non-hydrogen) atoms. The largest absolute Gasteiger partial charge is 0.352 e. The zero-order valence-corrected chi connectivity index (χ0v) is 12.5. The molecule has 6 nitrogen and oxygen atoms in total. The van der Waals surface area contributed by atoms with Crippen molar-refractivity contribution in [2.24, 2.45) is 5.92 Å². The number of hydrogen-bond acceptors (Lipinski definition) is 3. The molecule has 0 aromatic carbocycles. The van der Waals surface area contributed by atoms with Gasteiger partial charge in [0.15, 0.2) is 0 Å². The third kappa shape index (κ3) is 3.81. The van der Waals surface area contributed by atoms with Crippen LogP contribution < -0.4 is 10.9 Å². The molecule has 1 amide bonds. The van der Waals surface area contributed by atoms with Gasteiger partial charge in [0.2, 0.25) is 0 Å². The van der Waals surface area contributed by atoms with Crippen molar-refractivity contribution in [1.82, 2.24) is 20.1 Å². The molecule has 0 aliphatic rings. The van der Waals surface area contributed by atoms with E-state index in [1.165, 1.54) is 12.3 Å². The van der Waals surface area contributed by atoms with E-state index in [1.54, 1.807) is 6.07 Å². The summed E-state index contributed by atoms with van der Waals surface area (Å²) in [5.41, 5.74) is 1.85. The molecule has 0 saturated carbocycles. The van der Waals surface area contributed by atoms with Gasteiger partial charge in [-0.1, -0.05) is 6.92 Å². The smallest absolute Gasteiger partial charge is 0.260 e. The fourth-order valence-corrected chi connectivity index (χ4v) is 2.18. The first kappa shape index (κ1) is 15.0. The Balaban J connectivity index is 1.91. The molecule has 1 unspecified atom stereocenters. The van der Waals surface area contributed by atoms with Crippen LogP contribution in [0.1, 0.15) is 28.7 Å². The van der Waals surface area contributed by atoms with E-state index >= 15 is 0 Å². The normalized spacial score (nSPS) is 12.1. The average Bonchev–Trinajstić information content (AvgIpc) is 2.74. The standard InChI is InChI=1S/C15H20N4O2/c1-10(9-19-12(3)7-11(2)18-19)8-17-15(21)13-5-4-6-16-14(13)20/h4-7,10H,8-9H2,1-3H3,(H,16,20)(H,17,21). The molecule has 0 radical (unpaired) electrons. The van der Waals surface area contributed by atoms with E-state index in [9.17, 15) is 9.59 Å². The van der Waals surface area contributed by atoms with Crippen molar-refractivity contribution in [3.8, 4) is 0 Å². The molecule has 0 bridgehead atoms. The Kier molecular flexibility index (Phi) is 4.57. The number of aryl methyl sites for hydroxylation is 2. The average molecular weight is 288 g/mol. The second-order valence-corrected chi connectivity index (χ2v) is 5.34. The van der Waals surface area contributed by atoms with Crippen molar-refractivity contribution < 1.29 is 4.79 Å². The third-order valence-electron chi connectivity index (χ3n) is 3.26. The number of hydrogen-bond donors (Lipinski definition) is 2. The zero-order valence-electron chi connectivity index (χ0n) is 12.5.